The minimum atomic E-state index is -4.68. The average Bonchev–Trinajstić information content (AvgIpc) is 2.39. The topological polar surface area (TPSA) is 72.2 Å². The lowest BCUT2D eigenvalue weighted by Crippen LogP contribution is -2.17. The number of hydrogen-bond donors (Lipinski definition) is 2. The van der Waals surface area contributed by atoms with E-state index in [1.54, 1.807) is 4.72 Å². The van der Waals surface area contributed by atoms with Gasteiger partial charge in [0.2, 0.25) is 0 Å². The number of hydrogen-bond acceptors (Lipinski definition) is 3. The molecule has 0 atom stereocenters. The molecule has 0 aromatic heterocycles. The highest BCUT2D eigenvalue weighted by atomic mass is 32.2. The van der Waals surface area contributed by atoms with E-state index in [0.29, 0.717) is 12.1 Å². The predicted octanol–water partition coefficient (Wildman–Crippen LogP) is 2.63. The van der Waals surface area contributed by atoms with Crippen LogP contribution in [-0.2, 0) is 10.0 Å². The van der Waals surface area contributed by atoms with Crippen molar-refractivity contribution in [2.75, 3.05) is 10.5 Å². The lowest BCUT2D eigenvalue weighted by atomic mass is 10.3. The van der Waals surface area contributed by atoms with Crippen molar-refractivity contribution in [3.8, 4) is 0 Å². The van der Waals surface area contributed by atoms with Crippen molar-refractivity contribution in [3.05, 3.63) is 53.6 Å². The van der Waals surface area contributed by atoms with E-state index in [-0.39, 0.29) is 5.69 Å². The number of sulfonamides is 1. The maximum absolute atomic E-state index is 13.5. The van der Waals surface area contributed by atoms with E-state index in [1.807, 2.05) is 0 Å². The fourth-order valence-corrected chi connectivity index (χ4v) is 2.74. The Labute approximate surface area is 117 Å². The summed E-state index contributed by atoms with van der Waals surface area (Å²) in [6.07, 6.45) is 0. The van der Waals surface area contributed by atoms with Crippen LogP contribution in [0.15, 0.2) is 35.2 Å². The SMILES string of the molecule is Nc1cc(F)c(F)c(S(=O)(=O)Nc2cccc(F)c2F)c1. The number of rotatable bonds is 3. The monoisotopic (exact) mass is 320 g/mol. The molecule has 0 aliphatic rings. The smallest absolute Gasteiger partial charge is 0.265 e. The largest absolute Gasteiger partial charge is 0.399 e. The van der Waals surface area contributed by atoms with Crippen LogP contribution >= 0.6 is 0 Å². The Kier molecular flexibility index (Phi) is 3.77. The average molecular weight is 320 g/mol. The van der Waals surface area contributed by atoms with Crippen molar-refractivity contribution < 1.29 is 26.0 Å². The highest BCUT2D eigenvalue weighted by molar-refractivity contribution is 7.92. The van der Waals surface area contributed by atoms with Gasteiger partial charge in [0.1, 0.15) is 4.90 Å². The molecule has 0 unspecified atom stereocenters. The minimum absolute atomic E-state index is 0.339. The van der Waals surface area contributed by atoms with Crippen molar-refractivity contribution in [1.29, 1.82) is 0 Å². The fourth-order valence-electron chi connectivity index (χ4n) is 1.56. The Balaban J connectivity index is 2.51. The molecule has 0 aliphatic carbocycles. The molecule has 0 aliphatic heterocycles. The Morgan fingerprint density at radius 3 is 2.29 bits per heavy atom. The summed E-state index contributed by atoms with van der Waals surface area (Å²) in [6.45, 7) is 0. The summed E-state index contributed by atoms with van der Waals surface area (Å²) < 4.78 is 78.6. The van der Waals surface area contributed by atoms with Crippen molar-refractivity contribution >= 4 is 21.4 Å². The Hall–Kier alpha value is -2.29. The molecule has 3 N–H and O–H groups in total. The van der Waals surface area contributed by atoms with Crippen molar-refractivity contribution in [1.82, 2.24) is 0 Å². The maximum Gasteiger partial charge on any atom is 0.265 e. The van der Waals surface area contributed by atoms with Crippen LogP contribution in [-0.4, -0.2) is 8.42 Å². The number of benzene rings is 2. The van der Waals surface area contributed by atoms with Gasteiger partial charge in [-0.15, -0.1) is 0 Å². The molecular formula is C12H8F4N2O2S. The first kappa shape index (κ1) is 15.1. The summed E-state index contributed by atoms with van der Waals surface area (Å²) in [5.74, 6) is -5.91. The van der Waals surface area contributed by atoms with E-state index in [9.17, 15) is 26.0 Å². The third-order valence-electron chi connectivity index (χ3n) is 2.50. The number of anilines is 2. The summed E-state index contributed by atoms with van der Waals surface area (Å²) in [5.41, 5.74) is 4.16. The standard InChI is InChI=1S/C12H8F4N2O2S/c13-7-2-1-3-9(11(7)15)18-21(19,20)10-5-6(17)4-8(14)12(10)16/h1-5,18H,17H2. The molecule has 2 aromatic carbocycles. The molecule has 0 bridgehead atoms. The number of nitrogens with two attached hydrogens (primary N) is 1. The molecular weight excluding hydrogens is 312 g/mol. The van der Waals surface area contributed by atoms with Crippen molar-refractivity contribution in [2.45, 2.75) is 4.90 Å². The van der Waals surface area contributed by atoms with Gasteiger partial charge in [0.05, 0.1) is 5.69 Å². The van der Waals surface area contributed by atoms with Crippen LogP contribution in [0.2, 0.25) is 0 Å². The number of nitrogen functional groups attached to an aromatic ring is 1. The Morgan fingerprint density at radius 1 is 0.952 bits per heavy atom. The first-order valence-electron chi connectivity index (χ1n) is 5.43. The molecule has 112 valence electrons. The molecule has 2 aromatic rings. The van der Waals surface area contributed by atoms with Crippen LogP contribution in [0.1, 0.15) is 0 Å². The van der Waals surface area contributed by atoms with E-state index in [4.69, 9.17) is 5.73 Å². The summed E-state index contributed by atoms with van der Waals surface area (Å²) in [4.78, 5) is -1.11. The van der Waals surface area contributed by atoms with E-state index < -0.39 is 43.9 Å². The lowest BCUT2D eigenvalue weighted by molar-refractivity contribution is 0.486. The van der Waals surface area contributed by atoms with Crippen LogP contribution in [0.3, 0.4) is 0 Å². The second-order valence-electron chi connectivity index (χ2n) is 4.02. The van der Waals surface area contributed by atoms with Crippen LogP contribution in [0, 0.1) is 23.3 Å². The number of halogens is 4. The van der Waals surface area contributed by atoms with Crippen LogP contribution < -0.4 is 10.5 Å². The van der Waals surface area contributed by atoms with Gasteiger partial charge in [-0.1, -0.05) is 6.07 Å². The van der Waals surface area contributed by atoms with Crippen molar-refractivity contribution in [3.63, 3.8) is 0 Å². The number of nitrogens with one attached hydrogen (secondary N) is 1. The normalized spacial score (nSPS) is 11.4. The van der Waals surface area contributed by atoms with Gasteiger partial charge >= 0.3 is 0 Å². The van der Waals surface area contributed by atoms with Crippen LogP contribution in [0.4, 0.5) is 28.9 Å². The van der Waals surface area contributed by atoms with Gasteiger partial charge in [-0.25, -0.2) is 26.0 Å². The van der Waals surface area contributed by atoms with E-state index >= 15 is 0 Å². The molecule has 0 fully saturated rings. The van der Waals surface area contributed by atoms with Gasteiger partial charge in [0.25, 0.3) is 10.0 Å². The summed E-state index contributed by atoms with van der Waals surface area (Å²) in [5, 5.41) is 0. The zero-order valence-electron chi connectivity index (χ0n) is 10.2. The Morgan fingerprint density at radius 2 is 1.62 bits per heavy atom. The minimum Gasteiger partial charge on any atom is -0.399 e. The Bertz CT molecular complexity index is 809. The zero-order chi connectivity index (χ0) is 15.8. The fraction of sp³-hybridized carbons (Fsp3) is 0. The summed E-state index contributed by atoms with van der Waals surface area (Å²) >= 11 is 0. The first-order chi connectivity index (χ1) is 9.72. The first-order valence-corrected chi connectivity index (χ1v) is 6.92. The van der Waals surface area contributed by atoms with Gasteiger partial charge < -0.3 is 5.73 Å². The van der Waals surface area contributed by atoms with Gasteiger partial charge in [0.15, 0.2) is 23.3 Å². The molecule has 9 heteroatoms. The molecule has 0 saturated carbocycles. The van der Waals surface area contributed by atoms with Crippen LogP contribution in [0.5, 0.6) is 0 Å². The van der Waals surface area contributed by atoms with Gasteiger partial charge in [-0.3, -0.25) is 4.72 Å². The quantitative estimate of drug-likeness (QED) is 0.674. The third-order valence-corrected chi connectivity index (χ3v) is 3.87. The van der Waals surface area contributed by atoms with Gasteiger partial charge in [0, 0.05) is 5.69 Å². The molecule has 0 radical (unpaired) electrons. The molecule has 2 rings (SSSR count). The highest BCUT2D eigenvalue weighted by Gasteiger charge is 2.24. The molecule has 0 amide bonds. The predicted molar refractivity (Wildman–Crippen MR) is 67.9 cm³/mol. The molecule has 4 nitrogen and oxygen atoms in total. The summed E-state index contributed by atoms with van der Waals surface area (Å²) in [7, 11) is -4.68. The third kappa shape index (κ3) is 2.92. The second kappa shape index (κ2) is 5.24. The van der Waals surface area contributed by atoms with E-state index in [2.05, 4.69) is 0 Å². The molecule has 0 spiro atoms. The van der Waals surface area contributed by atoms with E-state index in [0.717, 1.165) is 18.2 Å². The van der Waals surface area contributed by atoms with Gasteiger partial charge in [-0.2, -0.15) is 0 Å². The van der Waals surface area contributed by atoms with Crippen molar-refractivity contribution in [2.24, 2.45) is 0 Å². The second-order valence-corrected chi connectivity index (χ2v) is 5.67. The summed E-state index contributed by atoms with van der Waals surface area (Å²) in [6, 6.07) is 4.01. The zero-order valence-corrected chi connectivity index (χ0v) is 11.0. The van der Waals surface area contributed by atoms with Crippen LogP contribution in [0.25, 0.3) is 0 Å². The lowest BCUT2D eigenvalue weighted by Gasteiger charge is -2.11. The molecule has 0 saturated heterocycles. The molecule has 0 heterocycles. The molecule has 21 heavy (non-hydrogen) atoms. The van der Waals surface area contributed by atoms with Gasteiger partial charge in [-0.05, 0) is 24.3 Å². The maximum atomic E-state index is 13.5. The highest BCUT2D eigenvalue weighted by Crippen LogP contribution is 2.25. The van der Waals surface area contributed by atoms with E-state index in [1.165, 1.54) is 0 Å².